The fourth-order valence-corrected chi connectivity index (χ4v) is 11.7. The number of likely N-dealkylation sites (tertiary alicyclic amines) is 2. The third-order valence-electron chi connectivity index (χ3n) is 15.7. The van der Waals surface area contributed by atoms with Gasteiger partial charge in [-0.25, -0.2) is 28.7 Å². The molecule has 10 aromatic rings. The van der Waals surface area contributed by atoms with Gasteiger partial charge >= 0.3 is 0 Å². The maximum absolute atomic E-state index is 14.8. The number of amides is 2. The number of benzene rings is 2. The topological polar surface area (TPSA) is 296 Å². The SMILES string of the molecule is COc1cnc(-n2cnc(C)n2)c2[nH]cc(C(=O)C(=O)N3CCC4(CCN(c5nnnn5-c5ccccc5)C4)C3)c12.O=C(C(=O)N1CCC2(CCN(c3nnnn3-c3ccccc3)C2)C1)c1c[nH]c2c(-n3ccnn3)ncc(F)c12. The average molecular weight is 1080 g/mol. The number of aromatic amines is 2. The summed E-state index contributed by atoms with van der Waals surface area (Å²) in [5.41, 5.74) is 2.42. The van der Waals surface area contributed by atoms with Crippen molar-refractivity contribution in [2.75, 3.05) is 69.3 Å². The summed E-state index contributed by atoms with van der Waals surface area (Å²) in [7, 11) is 1.50. The number of Topliss-reactive ketones (excluding diaryl/α,β-unsaturated/α-hetero) is 2. The van der Waals surface area contributed by atoms with Gasteiger partial charge in [0.15, 0.2) is 17.5 Å². The average Bonchev–Trinajstić information content (AvgIpc) is 4.34. The summed E-state index contributed by atoms with van der Waals surface area (Å²) < 4.78 is 26.7. The minimum atomic E-state index is -0.768. The molecular weight excluding hydrogens is 1030 g/mol. The third-order valence-corrected chi connectivity index (χ3v) is 15.7. The summed E-state index contributed by atoms with van der Waals surface area (Å²) >= 11 is 0. The van der Waals surface area contributed by atoms with Crippen LogP contribution >= 0.6 is 0 Å². The molecule has 404 valence electrons. The summed E-state index contributed by atoms with van der Waals surface area (Å²) in [5, 5.41) is 37.1. The van der Waals surface area contributed by atoms with E-state index in [1.807, 2.05) is 60.7 Å². The second-order valence-electron chi connectivity index (χ2n) is 20.5. The number of carbonyl (C=O) groups excluding carboxylic acids is 4. The summed E-state index contributed by atoms with van der Waals surface area (Å²) in [6.07, 6.45) is 13.2. The Labute approximate surface area is 452 Å². The number of aromatic nitrogens is 18. The van der Waals surface area contributed by atoms with Crippen LogP contribution < -0.4 is 14.5 Å². The van der Waals surface area contributed by atoms with E-state index < -0.39 is 29.2 Å². The van der Waals surface area contributed by atoms with Crippen molar-refractivity contribution in [3.63, 3.8) is 0 Å². The molecule has 28 heteroatoms. The Morgan fingerprint density at radius 1 is 0.625 bits per heavy atom. The van der Waals surface area contributed by atoms with Gasteiger partial charge in [0.1, 0.15) is 17.9 Å². The highest BCUT2D eigenvalue weighted by Crippen LogP contribution is 2.43. The lowest BCUT2D eigenvalue weighted by Crippen LogP contribution is -2.38. The van der Waals surface area contributed by atoms with Crippen molar-refractivity contribution < 1.29 is 28.3 Å². The summed E-state index contributed by atoms with van der Waals surface area (Å²) in [6.45, 7) is 6.50. The van der Waals surface area contributed by atoms with Crippen molar-refractivity contribution in [2.24, 2.45) is 10.8 Å². The highest BCUT2D eigenvalue weighted by Gasteiger charge is 2.48. The van der Waals surface area contributed by atoms with Crippen LogP contribution in [0, 0.1) is 23.6 Å². The lowest BCUT2D eigenvalue weighted by Gasteiger charge is -2.24. The van der Waals surface area contributed by atoms with Gasteiger partial charge in [-0.3, -0.25) is 19.2 Å². The highest BCUT2D eigenvalue weighted by atomic mass is 19.1. The first-order chi connectivity index (χ1) is 39.0. The van der Waals surface area contributed by atoms with Gasteiger partial charge in [-0.05, 0) is 77.7 Å². The van der Waals surface area contributed by atoms with Crippen molar-refractivity contribution >= 4 is 57.1 Å². The first-order valence-corrected chi connectivity index (χ1v) is 25.8. The molecule has 80 heavy (non-hydrogen) atoms. The van der Waals surface area contributed by atoms with Gasteiger partial charge in [-0.1, -0.05) is 51.8 Å². The second kappa shape index (κ2) is 19.7. The fraction of sp³-hybridized carbons (Fsp3) is 0.308. The van der Waals surface area contributed by atoms with Crippen LogP contribution in [0.5, 0.6) is 5.75 Å². The van der Waals surface area contributed by atoms with E-state index in [9.17, 15) is 23.6 Å². The fourth-order valence-electron chi connectivity index (χ4n) is 11.7. The molecule has 4 aliphatic heterocycles. The number of halogens is 1. The number of para-hydroxylation sites is 2. The number of ether oxygens (including phenoxy) is 1. The molecule has 2 amide bonds. The van der Waals surface area contributed by atoms with Crippen molar-refractivity contribution in [1.82, 2.24) is 99.9 Å². The van der Waals surface area contributed by atoms with Crippen molar-refractivity contribution in [2.45, 2.75) is 32.6 Å². The number of methoxy groups -OCH3 is 1. The van der Waals surface area contributed by atoms with Gasteiger partial charge in [-0.2, -0.15) is 14.5 Å². The number of carbonyl (C=O) groups is 4. The van der Waals surface area contributed by atoms with Gasteiger partial charge < -0.3 is 34.3 Å². The molecule has 2 spiro atoms. The van der Waals surface area contributed by atoms with Crippen molar-refractivity contribution in [1.29, 1.82) is 0 Å². The Hall–Kier alpha value is -10.2. The molecule has 2 aromatic carbocycles. The Bertz CT molecular complexity index is 3990. The van der Waals surface area contributed by atoms with Crippen LogP contribution in [0.25, 0.3) is 44.8 Å². The minimum Gasteiger partial charge on any atom is -0.494 e. The molecule has 4 aliphatic rings. The number of nitrogens with zero attached hydrogens (tertiary/aromatic N) is 20. The van der Waals surface area contributed by atoms with E-state index in [4.69, 9.17) is 4.74 Å². The first kappa shape index (κ1) is 49.4. The lowest BCUT2D eigenvalue weighted by molar-refractivity contribution is -0.126. The molecule has 12 heterocycles. The number of hydrogen-bond donors (Lipinski definition) is 2. The lowest BCUT2D eigenvalue weighted by atomic mass is 9.86. The van der Waals surface area contributed by atoms with E-state index in [1.165, 1.54) is 41.3 Å². The van der Waals surface area contributed by atoms with Crippen LogP contribution in [0.4, 0.5) is 16.3 Å². The molecule has 2 atom stereocenters. The number of H-pyrrole nitrogens is 2. The zero-order valence-corrected chi connectivity index (χ0v) is 43.2. The quantitative estimate of drug-likeness (QED) is 0.139. The van der Waals surface area contributed by atoms with Crippen LogP contribution in [-0.4, -0.2) is 183 Å². The van der Waals surface area contributed by atoms with Gasteiger partial charge in [0, 0.05) is 75.6 Å². The number of nitrogens with one attached hydrogen (secondary N) is 2. The van der Waals surface area contributed by atoms with Crippen LogP contribution in [0.15, 0.2) is 104 Å². The molecule has 2 unspecified atom stereocenters. The van der Waals surface area contributed by atoms with Gasteiger partial charge in [0.2, 0.25) is 11.9 Å². The monoisotopic (exact) mass is 1080 g/mol. The van der Waals surface area contributed by atoms with Gasteiger partial charge in [0.25, 0.3) is 23.4 Å². The number of anilines is 2. The molecule has 0 radical (unpaired) electrons. The number of fused-ring (bicyclic) bond motifs is 2. The summed E-state index contributed by atoms with van der Waals surface area (Å²) in [4.78, 5) is 80.1. The van der Waals surface area contributed by atoms with E-state index in [0.717, 1.165) is 56.3 Å². The maximum Gasteiger partial charge on any atom is 0.295 e. The number of tetrazole rings is 2. The molecule has 0 aliphatic carbocycles. The standard InChI is InChI=1S/C27H27N11O3.C25H22FN11O2/c1-17-30-16-37(32-17)24-22-21(20(41-2)13-29-24)19(12-28-22)23(39)25(40)35-10-8-27(14-35)9-11-36(15-27)26-31-33-34-38(26)18-6-4-3-5-7-18;26-18-13-28-22(36-11-8-29-32-36)20-19(18)17(12-27-20)21(38)23(39)34-9-6-25(14-34)7-10-35(15-25)24-30-31-33-37(24)16-4-2-1-3-5-16/h3-7,12-13,16,28H,8-11,14-15H2,1-2H3;1-5,8,11-13,27H,6-7,9-10,14-15H2. The number of pyridine rings is 2. The molecule has 4 fully saturated rings. The summed E-state index contributed by atoms with van der Waals surface area (Å²) in [5.74, 6) is -0.236. The molecular formula is C52H49FN22O5. The molecule has 4 saturated heterocycles. The van der Waals surface area contributed by atoms with Crippen LogP contribution in [-0.2, 0) is 9.59 Å². The highest BCUT2D eigenvalue weighted by molar-refractivity contribution is 6.45. The number of hydrogen-bond acceptors (Lipinski definition) is 19. The minimum absolute atomic E-state index is 0.00236. The summed E-state index contributed by atoms with van der Waals surface area (Å²) in [6, 6.07) is 19.4. The smallest absolute Gasteiger partial charge is 0.295 e. The molecule has 8 aromatic heterocycles. The Balaban J connectivity index is 0.000000151. The maximum atomic E-state index is 14.8. The zero-order chi connectivity index (χ0) is 54.7. The molecule has 27 nitrogen and oxygen atoms in total. The van der Waals surface area contributed by atoms with Crippen LogP contribution in [0.3, 0.4) is 0 Å². The number of aryl methyl sites for hydroxylation is 1. The molecule has 0 bridgehead atoms. The van der Waals surface area contributed by atoms with Gasteiger partial charge in [0.05, 0.1) is 76.2 Å². The Morgan fingerprint density at radius 2 is 1.15 bits per heavy atom. The second-order valence-corrected chi connectivity index (χ2v) is 20.5. The van der Waals surface area contributed by atoms with E-state index in [0.29, 0.717) is 79.5 Å². The van der Waals surface area contributed by atoms with Crippen molar-refractivity contribution in [3.8, 4) is 28.8 Å². The van der Waals surface area contributed by atoms with Crippen LogP contribution in [0.1, 0.15) is 52.2 Å². The first-order valence-electron chi connectivity index (χ1n) is 25.8. The molecule has 0 saturated carbocycles. The predicted molar refractivity (Wildman–Crippen MR) is 281 cm³/mol. The van der Waals surface area contributed by atoms with E-state index >= 15 is 0 Å². The van der Waals surface area contributed by atoms with E-state index in [-0.39, 0.29) is 38.7 Å². The van der Waals surface area contributed by atoms with Gasteiger partial charge in [-0.15, -0.1) is 5.10 Å². The largest absolute Gasteiger partial charge is 0.494 e. The van der Waals surface area contributed by atoms with Crippen LogP contribution in [0.2, 0.25) is 0 Å². The molecule has 14 rings (SSSR count). The number of ketones is 2. The third kappa shape index (κ3) is 8.59. The van der Waals surface area contributed by atoms with Crippen molar-refractivity contribution in [3.05, 3.63) is 127 Å². The van der Waals surface area contributed by atoms with E-state index in [1.54, 1.807) is 38.6 Å². The Kier molecular flexibility index (Phi) is 12.2. The Morgan fingerprint density at radius 3 is 1.68 bits per heavy atom. The number of rotatable bonds is 11. The molecule has 2 N–H and O–H groups in total. The normalized spacial score (nSPS) is 18.8. The zero-order valence-electron chi connectivity index (χ0n) is 43.2. The predicted octanol–water partition coefficient (Wildman–Crippen LogP) is 3.32. The van der Waals surface area contributed by atoms with E-state index in [2.05, 4.69) is 81.2 Å².